The van der Waals surface area contributed by atoms with Gasteiger partial charge in [0, 0.05) is 11.1 Å². The van der Waals surface area contributed by atoms with Crippen LogP contribution in [0.4, 0.5) is 5.69 Å². The topological polar surface area (TPSA) is 61.8 Å². The van der Waals surface area contributed by atoms with Crippen LogP contribution in [0.5, 0.6) is 0 Å². The van der Waals surface area contributed by atoms with Crippen LogP contribution < -0.4 is 4.72 Å². The Morgan fingerprint density at radius 1 is 1.22 bits per heavy atom. The number of thioether (sulfide) groups is 1. The van der Waals surface area contributed by atoms with Crippen molar-refractivity contribution in [2.24, 2.45) is 4.99 Å². The molecule has 1 fully saturated rings. The largest absolute Gasteiger partial charge is 0.315 e. The zero-order valence-corrected chi connectivity index (χ0v) is 14.5. The molecule has 0 radical (unpaired) electrons. The number of rotatable bonds is 3. The van der Waals surface area contributed by atoms with Crippen molar-refractivity contribution in [2.45, 2.75) is 37.8 Å². The normalized spacial score (nSPS) is 26.4. The number of hydrogen-bond acceptors (Lipinski definition) is 5. The number of nitrogens with zero attached hydrogens (tertiary/aromatic N) is 2. The van der Waals surface area contributed by atoms with Gasteiger partial charge in [0.15, 0.2) is 5.17 Å². The maximum Gasteiger partial charge on any atom is 0.229 e. The summed E-state index contributed by atoms with van der Waals surface area (Å²) >= 11 is 1.70. The third kappa shape index (κ3) is 2.87. The lowest BCUT2D eigenvalue weighted by Crippen LogP contribution is -2.38. The van der Waals surface area contributed by atoms with Crippen molar-refractivity contribution >= 4 is 38.3 Å². The third-order valence-electron chi connectivity index (χ3n) is 4.53. The summed E-state index contributed by atoms with van der Waals surface area (Å²) < 4.78 is 25.1. The quantitative estimate of drug-likeness (QED) is 0.911. The fraction of sp³-hybridized carbons (Fsp3) is 0.438. The minimum absolute atomic E-state index is 0.445. The number of benzene rings is 1. The highest BCUT2D eigenvalue weighted by atomic mass is 32.2. The molecule has 0 spiro atoms. The van der Waals surface area contributed by atoms with E-state index in [0.29, 0.717) is 17.8 Å². The van der Waals surface area contributed by atoms with E-state index in [1.807, 2.05) is 24.3 Å². The number of nitrogens with one attached hydrogen (secondary N) is 1. The van der Waals surface area contributed by atoms with E-state index < -0.39 is 10.0 Å². The lowest BCUT2D eigenvalue weighted by Gasteiger charge is -2.32. The van der Waals surface area contributed by atoms with Crippen LogP contribution in [0.2, 0.25) is 0 Å². The summed E-state index contributed by atoms with van der Waals surface area (Å²) in [5, 5.41) is 3.28. The van der Waals surface area contributed by atoms with Gasteiger partial charge in [0.1, 0.15) is 0 Å². The molecule has 5 nitrogen and oxygen atoms in total. The van der Waals surface area contributed by atoms with Crippen LogP contribution in [0.15, 0.2) is 34.7 Å². The smallest absolute Gasteiger partial charge is 0.229 e. The van der Waals surface area contributed by atoms with Crippen LogP contribution in [0.25, 0.3) is 5.70 Å². The number of hydrogen-bond donors (Lipinski definition) is 1. The summed E-state index contributed by atoms with van der Waals surface area (Å²) in [5.74, 6) is 0. The Hall–Kier alpha value is -1.47. The lowest BCUT2D eigenvalue weighted by molar-refractivity contribution is 0.305. The van der Waals surface area contributed by atoms with E-state index in [1.54, 1.807) is 11.8 Å². The predicted molar refractivity (Wildman–Crippen MR) is 95.8 cm³/mol. The van der Waals surface area contributed by atoms with Gasteiger partial charge in [-0.05, 0) is 30.5 Å². The van der Waals surface area contributed by atoms with Crippen LogP contribution in [0.1, 0.15) is 31.2 Å². The van der Waals surface area contributed by atoms with E-state index in [9.17, 15) is 8.42 Å². The Morgan fingerprint density at radius 3 is 2.70 bits per heavy atom. The number of amidine groups is 1. The first-order chi connectivity index (χ1) is 11.0. The van der Waals surface area contributed by atoms with Gasteiger partial charge >= 0.3 is 0 Å². The number of sulfonamides is 1. The first-order valence-electron chi connectivity index (χ1n) is 7.83. The highest BCUT2D eigenvalue weighted by Crippen LogP contribution is 2.44. The Labute approximate surface area is 140 Å². The Morgan fingerprint density at radius 2 is 1.96 bits per heavy atom. The maximum absolute atomic E-state index is 11.3. The van der Waals surface area contributed by atoms with E-state index in [-0.39, 0.29) is 0 Å². The number of fused-ring (bicyclic) bond motifs is 3. The second-order valence-electron chi connectivity index (χ2n) is 6.27. The molecule has 3 aliphatic rings. The SMILES string of the molecule is CS(=O)(=O)Nc1ccc(C2=CSC3=N[C@@H]4CCCC[C@@H]4N23)cc1. The van der Waals surface area contributed by atoms with Crippen LogP contribution >= 0.6 is 11.8 Å². The van der Waals surface area contributed by atoms with Gasteiger partial charge < -0.3 is 4.90 Å². The van der Waals surface area contributed by atoms with Crippen molar-refractivity contribution in [1.29, 1.82) is 0 Å². The zero-order valence-electron chi connectivity index (χ0n) is 12.9. The molecule has 1 aromatic rings. The predicted octanol–water partition coefficient (Wildman–Crippen LogP) is 3.09. The highest BCUT2D eigenvalue weighted by molar-refractivity contribution is 8.16. The van der Waals surface area contributed by atoms with Crippen LogP contribution in [-0.4, -0.2) is 36.8 Å². The monoisotopic (exact) mass is 349 g/mol. The van der Waals surface area contributed by atoms with Crippen LogP contribution in [0.3, 0.4) is 0 Å². The summed E-state index contributed by atoms with van der Waals surface area (Å²) in [7, 11) is -3.24. The van der Waals surface area contributed by atoms with Crippen molar-refractivity contribution in [2.75, 3.05) is 11.0 Å². The van der Waals surface area contributed by atoms with Gasteiger partial charge in [-0.15, -0.1) is 0 Å². The standard InChI is InChI=1S/C16H19N3O2S2/c1-23(20,21)18-12-8-6-11(7-9-12)15-10-22-16-17-13-4-2-3-5-14(13)19(15)16/h6-10,13-14,18H,2-5H2,1H3/t13-,14+/m1/s1. The van der Waals surface area contributed by atoms with Gasteiger partial charge in [-0.3, -0.25) is 9.71 Å². The Bertz CT molecular complexity index is 784. The van der Waals surface area contributed by atoms with Crippen molar-refractivity contribution in [3.63, 3.8) is 0 Å². The van der Waals surface area contributed by atoms with Crippen LogP contribution in [0, 0.1) is 0 Å². The molecule has 23 heavy (non-hydrogen) atoms. The second kappa shape index (κ2) is 5.56. The van der Waals surface area contributed by atoms with Gasteiger partial charge in [-0.25, -0.2) is 8.42 Å². The van der Waals surface area contributed by atoms with E-state index in [1.165, 1.54) is 31.4 Å². The van der Waals surface area contributed by atoms with Gasteiger partial charge in [-0.1, -0.05) is 36.7 Å². The van der Waals surface area contributed by atoms with Crippen molar-refractivity contribution in [3.05, 3.63) is 35.2 Å². The molecule has 7 heteroatoms. The van der Waals surface area contributed by atoms with E-state index >= 15 is 0 Å². The van der Waals surface area contributed by atoms with E-state index in [4.69, 9.17) is 4.99 Å². The minimum Gasteiger partial charge on any atom is -0.315 e. The molecule has 0 saturated heterocycles. The summed E-state index contributed by atoms with van der Waals surface area (Å²) in [6, 6.07) is 8.50. The Kier molecular flexibility index (Phi) is 3.65. The molecular formula is C16H19N3O2S2. The lowest BCUT2D eigenvalue weighted by atomic mass is 9.90. The summed E-state index contributed by atoms with van der Waals surface area (Å²) in [6.45, 7) is 0. The van der Waals surface area contributed by atoms with Gasteiger partial charge in [0.25, 0.3) is 0 Å². The average Bonchev–Trinajstić information content (AvgIpc) is 3.05. The van der Waals surface area contributed by atoms with Crippen LogP contribution in [-0.2, 0) is 10.0 Å². The molecule has 4 rings (SSSR count). The molecule has 2 atom stereocenters. The van der Waals surface area contributed by atoms with Gasteiger partial charge in [-0.2, -0.15) is 0 Å². The molecule has 0 bridgehead atoms. The summed E-state index contributed by atoms with van der Waals surface area (Å²) in [4.78, 5) is 7.26. The number of anilines is 1. The fourth-order valence-electron chi connectivity index (χ4n) is 3.55. The fourth-order valence-corrected chi connectivity index (χ4v) is 5.13. The molecule has 0 unspecified atom stereocenters. The van der Waals surface area contributed by atoms with Gasteiger partial charge in [0.05, 0.1) is 24.0 Å². The van der Waals surface area contributed by atoms with E-state index in [2.05, 4.69) is 15.0 Å². The van der Waals surface area contributed by atoms with Crippen molar-refractivity contribution in [1.82, 2.24) is 4.90 Å². The molecule has 122 valence electrons. The molecule has 2 heterocycles. The first kappa shape index (κ1) is 15.1. The molecule has 2 aliphatic heterocycles. The third-order valence-corrected chi connectivity index (χ3v) is 5.99. The zero-order chi connectivity index (χ0) is 16.0. The molecule has 0 amide bonds. The minimum atomic E-state index is -3.24. The molecule has 1 N–H and O–H groups in total. The van der Waals surface area contributed by atoms with Crippen molar-refractivity contribution < 1.29 is 8.42 Å². The Balaban J connectivity index is 1.58. The molecule has 1 aliphatic carbocycles. The maximum atomic E-state index is 11.3. The summed E-state index contributed by atoms with van der Waals surface area (Å²) in [6.07, 6.45) is 6.10. The van der Waals surface area contributed by atoms with Gasteiger partial charge in [0.2, 0.25) is 10.0 Å². The highest BCUT2D eigenvalue weighted by Gasteiger charge is 2.41. The molecule has 1 saturated carbocycles. The second-order valence-corrected chi connectivity index (χ2v) is 8.86. The number of aliphatic imine (C=N–C) groups is 1. The molecule has 1 aromatic carbocycles. The van der Waals surface area contributed by atoms with E-state index in [0.717, 1.165) is 17.0 Å². The molecule has 0 aromatic heterocycles. The van der Waals surface area contributed by atoms with Crippen molar-refractivity contribution in [3.8, 4) is 0 Å². The average molecular weight is 349 g/mol. The first-order valence-corrected chi connectivity index (χ1v) is 10.6. The molecular weight excluding hydrogens is 330 g/mol. The summed E-state index contributed by atoms with van der Waals surface area (Å²) in [5.41, 5.74) is 2.88.